The van der Waals surface area contributed by atoms with Crippen molar-refractivity contribution in [2.45, 2.75) is 25.7 Å². The largest absolute Gasteiger partial charge is 0.385 e. The summed E-state index contributed by atoms with van der Waals surface area (Å²) in [4.78, 5) is 13.6. The molecule has 0 aromatic heterocycles. The molecule has 4 nitrogen and oxygen atoms in total. The van der Waals surface area contributed by atoms with Gasteiger partial charge in [-0.1, -0.05) is 0 Å². The Kier molecular flexibility index (Phi) is 6.42. The van der Waals surface area contributed by atoms with Gasteiger partial charge in [-0.2, -0.15) is 0 Å². The normalized spacial score (nSPS) is 17.4. The number of hydrogen-bond acceptors (Lipinski definition) is 3. The summed E-state index contributed by atoms with van der Waals surface area (Å²) in [5.74, 6) is 0.924. The van der Waals surface area contributed by atoms with E-state index in [1.54, 1.807) is 7.11 Å². The number of amides is 1. The Hall–Kier alpha value is -0.610. The molecule has 0 bridgehead atoms. The van der Waals surface area contributed by atoms with E-state index < -0.39 is 0 Å². The molecule has 1 saturated heterocycles. The summed E-state index contributed by atoms with van der Waals surface area (Å²) in [6, 6.07) is 0. The molecule has 1 aliphatic rings. The second-order valence-corrected chi connectivity index (χ2v) is 4.56. The SMILES string of the molecule is COCCCC(=O)N(C)CC1CCNCC1. The van der Waals surface area contributed by atoms with Crippen molar-refractivity contribution in [3.05, 3.63) is 0 Å². The van der Waals surface area contributed by atoms with E-state index >= 15 is 0 Å². The fourth-order valence-electron chi connectivity index (χ4n) is 2.11. The number of carbonyl (C=O) groups is 1. The van der Waals surface area contributed by atoms with Gasteiger partial charge in [-0.25, -0.2) is 0 Å². The average molecular weight is 228 g/mol. The monoisotopic (exact) mass is 228 g/mol. The Bertz CT molecular complexity index is 203. The van der Waals surface area contributed by atoms with Gasteiger partial charge in [0.15, 0.2) is 0 Å². The summed E-state index contributed by atoms with van der Waals surface area (Å²) in [7, 11) is 3.58. The van der Waals surface area contributed by atoms with E-state index in [-0.39, 0.29) is 5.91 Å². The van der Waals surface area contributed by atoms with Crippen molar-refractivity contribution in [3.8, 4) is 0 Å². The van der Waals surface area contributed by atoms with E-state index in [1.165, 1.54) is 12.8 Å². The highest BCUT2D eigenvalue weighted by molar-refractivity contribution is 5.75. The average Bonchev–Trinajstić information content (AvgIpc) is 2.30. The highest BCUT2D eigenvalue weighted by Gasteiger charge is 2.17. The van der Waals surface area contributed by atoms with E-state index in [0.29, 0.717) is 18.9 Å². The Balaban J connectivity index is 2.16. The number of hydrogen-bond donors (Lipinski definition) is 1. The number of nitrogens with one attached hydrogen (secondary N) is 1. The van der Waals surface area contributed by atoms with Gasteiger partial charge in [0.2, 0.25) is 5.91 Å². The van der Waals surface area contributed by atoms with Crippen LogP contribution >= 0.6 is 0 Å². The first-order chi connectivity index (χ1) is 7.74. The number of piperidine rings is 1. The minimum atomic E-state index is 0.246. The van der Waals surface area contributed by atoms with Gasteiger partial charge in [-0.15, -0.1) is 0 Å². The summed E-state index contributed by atoms with van der Waals surface area (Å²) in [5, 5.41) is 3.34. The Morgan fingerprint density at radius 2 is 2.12 bits per heavy atom. The van der Waals surface area contributed by atoms with Crippen LogP contribution in [0.3, 0.4) is 0 Å². The third kappa shape index (κ3) is 4.94. The number of methoxy groups -OCH3 is 1. The molecular weight excluding hydrogens is 204 g/mol. The van der Waals surface area contributed by atoms with E-state index in [0.717, 1.165) is 26.1 Å². The lowest BCUT2D eigenvalue weighted by Crippen LogP contribution is -2.37. The molecule has 0 radical (unpaired) electrons. The quantitative estimate of drug-likeness (QED) is 0.686. The van der Waals surface area contributed by atoms with Crippen LogP contribution in [0.25, 0.3) is 0 Å². The van der Waals surface area contributed by atoms with Gasteiger partial charge in [0, 0.05) is 33.7 Å². The Morgan fingerprint density at radius 3 is 2.75 bits per heavy atom. The van der Waals surface area contributed by atoms with Crippen LogP contribution in [-0.4, -0.2) is 51.2 Å². The molecule has 1 rings (SSSR count). The number of rotatable bonds is 6. The number of carbonyl (C=O) groups excluding carboxylic acids is 1. The lowest BCUT2D eigenvalue weighted by atomic mass is 9.97. The van der Waals surface area contributed by atoms with Crippen molar-refractivity contribution in [3.63, 3.8) is 0 Å². The lowest BCUT2D eigenvalue weighted by molar-refractivity contribution is -0.130. The van der Waals surface area contributed by atoms with Gasteiger partial charge in [0.1, 0.15) is 0 Å². The standard InChI is InChI=1S/C12H24N2O2/c1-14(12(15)4-3-9-16-2)10-11-5-7-13-8-6-11/h11,13H,3-10H2,1-2H3. The first kappa shape index (κ1) is 13.5. The summed E-state index contributed by atoms with van der Waals surface area (Å²) < 4.78 is 4.94. The maximum absolute atomic E-state index is 11.7. The van der Waals surface area contributed by atoms with Crippen LogP contribution in [0.2, 0.25) is 0 Å². The molecule has 0 aromatic rings. The molecule has 0 saturated carbocycles. The number of nitrogens with zero attached hydrogens (tertiary/aromatic N) is 1. The predicted molar refractivity (Wildman–Crippen MR) is 64.3 cm³/mol. The fourth-order valence-corrected chi connectivity index (χ4v) is 2.11. The first-order valence-electron chi connectivity index (χ1n) is 6.17. The van der Waals surface area contributed by atoms with Crippen molar-refractivity contribution < 1.29 is 9.53 Å². The molecule has 1 heterocycles. The molecule has 0 spiro atoms. The van der Waals surface area contributed by atoms with Gasteiger partial charge in [-0.3, -0.25) is 4.79 Å². The Labute approximate surface area is 98.3 Å². The zero-order chi connectivity index (χ0) is 11.8. The molecule has 4 heteroatoms. The molecule has 1 N–H and O–H groups in total. The van der Waals surface area contributed by atoms with Gasteiger partial charge in [-0.05, 0) is 38.3 Å². The molecule has 1 fully saturated rings. The van der Waals surface area contributed by atoms with E-state index in [1.807, 2.05) is 11.9 Å². The topological polar surface area (TPSA) is 41.6 Å². The zero-order valence-electron chi connectivity index (χ0n) is 10.5. The van der Waals surface area contributed by atoms with Crippen LogP contribution in [-0.2, 0) is 9.53 Å². The van der Waals surface area contributed by atoms with Crippen molar-refractivity contribution in [2.75, 3.05) is 40.4 Å². The summed E-state index contributed by atoms with van der Waals surface area (Å²) in [6.45, 7) is 3.77. The number of ether oxygens (including phenoxy) is 1. The minimum Gasteiger partial charge on any atom is -0.385 e. The maximum atomic E-state index is 11.7. The zero-order valence-corrected chi connectivity index (χ0v) is 10.5. The summed E-state index contributed by atoms with van der Waals surface area (Å²) >= 11 is 0. The third-order valence-corrected chi connectivity index (χ3v) is 3.16. The molecule has 94 valence electrons. The van der Waals surface area contributed by atoms with Gasteiger partial charge in [0.25, 0.3) is 0 Å². The molecule has 1 aliphatic heterocycles. The maximum Gasteiger partial charge on any atom is 0.222 e. The lowest BCUT2D eigenvalue weighted by Gasteiger charge is -2.27. The predicted octanol–water partition coefficient (Wildman–Crippen LogP) is 0.871. The molecule has 1 amide bonds. The third-order valence-electron chi connectivity index (χ3n) is 3.16. The van der Waals surface area contributed by atoms with E-state index in [2.05, 4.69) is 5.32 Å². The van der Waals surface area contributed by atoms with E-state index in [9.17, 15) is 4.79 Å². The smallest absolute Gasteiger partial charge is 0.222 e. The Morgan fingerprint density at radius 1 is 1.44 bits per heavy atom. The van der Waals surface area contributed by atoms with Crippen molar-refractivity contribution in [2.24, 2.45) is 5.92 Å². The second kappa shape index (κ2) is 7.63. The van der Waals surface area contributed by atoms with Crippen LogP contribution in [0.5, 0.6) is 0 Å². The molecular formula is C12H24N2O2. The molecule has 0 atom stereocenters. The van der Waals surface area contributed by atoms with Crippen LogP contribution < -0.4 is 5.32 Å². The van der Waals surface area contributed by atoms with Gasteiger partial charge < -0.3 is 15.0 Å². The van der Waals surface area contributed by atoms with Gasteiger partial charge in [0.05, 0.1) is 0 Å². The van der Waals surface area contributed by atoms with Crippen LogP contribution in [0.15, 0.2) is 0 Å². The first-order valence-corrected chi connectivity index (χ1v) is 6.17. The van der Waals surface area contributed by atoms with Gasteiger partial charge >= 0.3 is 0 Å². The van der Waals surface area contributed by atoms with Crippen LogP contribution in [0.1, 0.15) is 25.7 Å². The fraction of sp³-hybridized carbons (Fsp3) is 0.917. The van der Waals surface area contributed by atoms with Crippen molar-refractivity contribution in [1.82, 2.24) is 10.2 Å². The minimum absolute atomic E-state index is 0.246. The molecule has 0 unspecified atom stereocenters. The molecule has 0 aliphatic carbocycles. The highest BCUT2D eigenvalue weighted by atomic mass is 16.5. The highest BCUT2D eigenvalue weighted by Crippen LogP contribution is 2.13. The van der Waals surface area contributed by atoms with Crippen LogP contribution in [0, 0.1) is 5.92 Å². The van der Waals surface area contributed by atoms with Crippen molar-refractivity contribution in [1.29, 1.82) is 0 Å². The van der Waals surface area contributed by atoms with Crippen LogP contribution in [0.4, 0.5) is 0 Å². The van der Waals surface area contributed by atoms with E-state index in [4.69, 9.17) is 4.74 Å². The summed E-state index contributed by atoms with van der Waals surface area (Å²) in [5.41, 5.74) is 0. The van der Waals surface area contributed by atoms with Crippen molar-refractivity contribution >= 4 is 5.91 Å². The molecule has 16 heavy (non-hydrogen) atoms. The molecule has 0 aromatic carbocycles. The summed E-state index contributed by atoms with van der Waals surface area (Å²) in [6.07, 6.45) is 3.81. The second-order valence-electron chi connectivity index (χ2n) is 4.56.